The van der Waals surface area contributed by atoms with E-state index in [-0.39, 0.29) is 23.4 Å². The first-order valence-corrected chi connectivity index (χ1v) is 9.38. The highest BCUT2D eigenvalue weighted by Gasteiger charge is 2.26. The number of nitro benzene ring substituents is 1. The number of non-ortho nitro benzene ring substituents is 1. The number of halogens is 1. The zero-order chi connectivity index (χ0) is 20.0. The van der Waals surface area contributed by atoms with Crippen molar-refractivity contribution in [3.05, 3.63) is 62.3 Å². The molecule has 0 spiro atoms. The van der Waals surface area contributed by atoms with Crippen LogP contribution in [-0.4, -0.2) is 30.5 Å². The van der Waals surface area contributed by atoms with Gasteiger partial charge in [-0.1, -0.05) is 18.2 Å². The molecule has 1 aromatic carbocycles. The number of thiophene rings is 1. The second-order valence-corrected chi connectivity index (χ2v) is 7.69. The molecule has 2 atom stereocenters. The molecule has 144 valence electrons. The van der Waals surface area contributed by atoms with Crippen molar-refractivity contribution in [2.75, 3.05) is 19.0 Å². The molecule has 0 aliphatic carbocycles. The molecule has 0 saturated carbocycles. The number of methoxy groups -OCH3 is 1. The summed E-state index contributed by atoms with van der Waals surface area (Å²) in [7, 11) is 1.40. The Kier molecular flexibility index (Phi) is 7.35. The molecule has 1 amide bonds. The van der Waals surface area contributed by atoms with Crippen LogP contribution in [0, 0.1) is 10.1 Å². The Morgan fingerprint density at radius 2 is 2.22 bits per heavy atom. The number of carbonyl (C=O) groups excluding carboxylic acids is 1. The van der Waals surface area contributed by atoms with E-state index >= 15 is 0 Å². The molecule has 0 bridgehead atoms. The number of nitrogens with one attached hydrogen (secondary N) is 2. The first kappa shape index (κ1) is 20.9. The summed E-state index contributed by atoms with van der Waals surface area (Å²) in [6.07, 6.45) is 1.76. The van der Waals surface area contributed by atoms with Crippen molar-refractivity contribution in [3.8, 4) is 5.75 Å². The van der Waals surface area contributed by atoms with Crippen LogP contribution >= 0.6 is 22.9 Å². The standard InChI is InChI=1S/C18H20ClN3O4S/c1-4-9-21(11-14-6-8-17(19)27-14)12(2)18(23)20-15-7-5-13(22(24)25)10-16(15)26-3/h4-8,10,12H,1,9,11H2,2-3H3,(H,20,23)/p+1/t12-/m0/s1. The van der Waals surface area contributed by atoms with Crippen LogP contribution in [0.4, 0.5) is 11.4 Å². The summed E-state index contributed by atoms with van der Waals surface area (Å²) in [6, 6.07) is 7.46. The summed E-state index contributed by atoms with van der Waals surface area (Å²) in [5.41, 5.74) is 0.281. The van der Waals surface area contributed by atoms with Crippen LogP contribution in [0.5, 0.6) is 5.75 Å². The van der Waals surface area contributed by atoms with Gasteiger partial charge >= 0.3 is 0 Å². The number of benzene rings is 1. The van der Waals surface area contributed by atoms with E-state index in [1.807, 2.05) is 19.1 Å². The van der Waals surface area contributed by atoms with Crippen LogP contribution in [0.15, 0.2) is 43.0 Å². The summed E-state index contributed by atoms with van der Waals surface area (Å²) in [4.78, 5) is 25.2. The van der Waals surface area contributed by atoms with Crippen molar-refractivity contribution in [2.45, 2.75) is 19.5 Å². The van der Waals surface area contributed by atoms with Gasteiger partial charge in [0, 0.05) is 6.07 Å². The maximum atomic E-state index is 12.7. The van der Waals surface area contributed by atoms with E-state index in [4.69, 9.17) is 16.3 Å². The molecule has 9 heteroatoms. The van der Waals surface area contributed by atoms with E-state index in [0.717, 1.165) is 9.78 Å². The number of rotatable bonds is 9. The van der Waals surface area contributed by atoms with Crippen molar-refractivity contribution in [2.24, 2.45) is 0 Å². The fraction of sp³-hybridized carbons (Fsp3) is 0.278. The molecule has 1 heterocycles. The second-order valence-electron chi connectivity index (χ2n) is 5.89. The average molecular weight is 411 g/mol. The van der Waals surface area contributed by atoms with Gasteiger partial charge in [-0.05, 0) is 31.2 Å². The largest absolute Gasteiger partial charge is 0.494 e. The maximum absolute atomic E-state index is 12.7. The van der Waals surface area contributed by atoms with Crippen LogP contribution in [0.25, 0.3) is 0 Å². The fourth-order valence-corrected chi connectivity index (χ4v) is 3.72. The Morgan fingerprint density at radius 1 is 1.48 bits per heavy atom. The third kappa shape index (κ3) is 5.53. The van der Waals surface area contributed by atoms with Gasteiger partial charge in [0.1, 0.15) is 12.3 Å². The molecule has 2 N–H and O–H groups in total. The minimum Gasteiger partial charge on any atom is -0.494 e. The number of amides is 1. The quantitative estimate of drug-likeness (QED) is 0.378. The molecule has 0 aliphatic rings. The Hall–Kier alpha value is -2.42. The van der Waals surface area contributed by atoms with E-state index in [1.165, 1.54) is 36.6 Å². The Morgan fingerprint density at radius 3 is 2.78 bits per heavy atom. The molecule has 0 fully saturated rings. The van der Waals surface area contributed by atoms with Gasteiger partial charge in [-0.3, -0.25) is 14.9 Å². The van der Waals surface area contributed by atoms with Crippen molar-refractivity contribution < 1.29 is 19.4 Å². The van der Waals surface area contributed by atoms with Crippen LogP contribution in [0.2, 0.25) is 4.34 Å². The third-order valence-electron chi connectivity index (χ3n) is 4.10. The van der Waals surface area contributed by atoms with Crippen molar-refractivity contribution in [1.82, 2.24) is 0 Å². The first-order valence-electron chi connectivity index (χ1n) is 8.18. The van der Waals surface area contributed by atoms with Crippen LogP contribution in [0.1, 0.15) is 11.8 Å². The zero-order valence-electron chi connectivity index (χ0n) is 15.0. The van der Waals surface area contributed by atoms with E-state index in [2.05, 4.69) is 11.9 Å². The number of quaternary nitrogens is 1. The minimum absolute atomic E-state index is 0.105. The molecule has 1 aromatic heterocycles. The van der Waals surface area contributed by atoms with Crippen molar-refractivity contribution in [3.63, 3.8) is 0 Å². The predicted molar refractivity (Wildman–Crippen MR) is 107 cm³/mol. The van der Waals surface area contributed by atoms with Gasteiger partial charge in [0.25, 0.3) is 11.6 Å². The lowest BCUT2D eigenvalue weighted by Crippen LogP contribution is -3.15. The SMILES string of the molecule is C=CC[NH+](Cc1ccc(Cl)s1)[C@@H](C)C(=O)Nc1ccc([N+](=O)[O-])cc1OC. The lowest BCUT2D eigenvalue weighted by molar-refractivity contribution is -0.921. The Bertz CT molecular complexity index is 840. The van der Waals surface area contributed by atoms with Gasteiger partial charge in [0.15, 0.2) is 6.04 Å². The molecule has 2 aromatic rings. The second kappa shape index (κ2) is 9.50. The Labute approximate surface area is 166 Å². The average Bonchev–Trinajstić information content (AvgIpc) is 3.05. The number of ether oxygens (including phenoxy) is 1. The van der Waals surface area contributed by atoms with E-state index < -0.39 is 4.92 Å². The number of nitro groups is 1. The highest BCUT2D eigenvalue weighted by molar-refractivity contribution is 7.16. The molecule has 0 saturated heterocycles. The summed E-state index contributed by atoms with van der Waals surface area (Å²) in [5.74, 6) is 0.0155. The van der Waals surface area contributed by atoms with E-state index in [0.29, 0.717) is 23.1 Å². The molecular formula is C18H21ClN3O4S+. The molecule has 0 aliphatic heterocycles. The Balaban J connectivity index is 2.14. The lowest BCUT2D eigenvalue weighted by atomic mass is 10.2. The highest BCUT2D eigenvalue weighted by atomic mass is 35.5. The van der Waals surface area contributed by atoms with Crippen LogP contribution < -0.4 is 15.0 Å². The summed E-state index contributed by atoms with van der Waals surface area (Å²) in [5, 5.41) is 13.7. The lowest BCUT2D eigenvalue weighted by Gasteiger charge is -2.24. The molecule has 7 nitrogen and oxygen atoms in total. The van der Waals surface area contributed by atoms with Gasteiger partial charge in [0.2, 0.25) is 0 Å². The molecule has 0 radical (unpaired) electrons. The van der Waals surface area contributed by atoms with Gasteiger partial charge in [-0.25, -0.2) is 0 Å². The van der Waals surface area contributed by atoms with E-state index in [1.54, 1.807) is 6.08 Å². The highest BCUT2D eigenvalue weighted by Crippen LogP contribution is 2.29. The van der Waals surface area contributed by atoms with Gasteiger partial charge in [0.05, 0.1) is 39.5 Å². The summed E-state index contributed by atoms with van der Waals surface area (Å²) in [6.45, 7) is 6.82. The predicted octanol–water partition coefficient (Wildman–Crippen LogP) is 2.92. The smallest absolute Gasteiger partial charge is 0.282 e. The van der Waals surface area contributed by atoms with Crippen molar-refractivity contribution in [1.29, 1.82) is 0 Å². The normalized spacial score (nSPS) is 12.9. The monoisotopic (exact) mass is 410 g/mol. The van der Waals surface area contributed by atoms with E-state index in [9.17, 15) is 14.9 Å². The third-order valence-corrected chi connectivity index (χ3v) is 5.33. The number of carbonyl (C=O) groups is 1. The topological polar surface area (TPSA) is 85.9 Å². The maximum Gasteiger partial charge on any atom is 0.282 e. The zero-order valence-corrected chi connectivity index (χ0v) is 16.6. The summed E-state index contributed by atoms with van der Waals surface area (Å²) >= 11 is 7.47. The van der Waals surface area contributed by atoms with Crippen molar-refractivity contribution >= 4 is 40.2 Å². The molecule has 1 unspecified atom stereocenters. The first-order chi connectivity index (χ1) is 12.8. The number of anilines is 1. The molecule has 27 heavy (non-hydrogen) atoms. The molecular weight excluding hydrogens is 390 g/mol. The number of nitrogens with zero attached hydrogens (tertiary/aromatic N) is 1. The number of hydrogen-bond acceptors (Lipinski definition) is 5. The summed E-state index contributed by atoms with van der Waals surface area (Å²) < 4.78 is 5.87. The number of hydrogen-bond donors (Lipinski definition) is 2. The van der Waals surface area contributed by atoms with Gasteiger partial charge < -0.3 is 15.0 Å². The van der Waals surface area contributed by atoms with Crippen LogP contribution in [0.3, 0.4) is 0 Å². The van der Waals surface area contributed by atoms with Gasteiger partial charge in [-0.15, -0.1) is 11.3 Å². The minimum atomic E-state index is -0.515. The fourth-order valence-electron chi connectivity index (χ4n) is 2.58. The van der Waals surface area contributed by atoms with Crippen LogP contribution in [-0.2, 0) is 11.3 Å². The molecule has 2 rings (SSSR count). The van der Waals surface area contributed by atoms with Gasteiger partial charge in [-0.2, -0.15) is 0 Å².